The molecule has 0 bridgehead atoms. The summed E-state index contributed by atoms with van der Waals surface area (Å²) in [6.45, 7) is 3.86. The molecule has 0 fully saturated rings. The van der Waals surface area contributed by atoms with Gasteiger partial charge >= 0.3 is 0 Å². The summed E-state index contributed by atoms with van der Waals surface area (Å²) < 4.78 is 26.9. The number of benzene rings is 1. The lowest BCUT2D eigenvalue weighted by atomic mass is 10.1. The molecule has 102 valence electrons. The molecular weight excluding hydrogens is 266 g/mol. The van der Waals surface area contributed by atoms with Crippen LogP contribution in [0, 0.1) is 11.6 Å². The van der Waals surface area contributed by atoms with E-state index < -0.39 is 11.6 Å². The minimum absolute atomic E-state index is 0.0534. The number of halogens is 2. The number of hydrogen-bond acceptors (Lipinski definition) is 3. The molecule has 5 heteroatoms. The van der Waals surface area contributed by atoms with Gasteiger partial charge in [0.15, 0.2) is 0 Å². The summed E-state index contributed by atoms with van der Waals surface area (Å²) in [7, 11) is 0. The quantitative estimate of drug-likeness (QED) is 0.888. The highest BCUT2D eigenvalue weighted by Gasteiger charge is 2.18. The van der Waals surface area contributed by atoms with Crippen molar-refractivity contribution in [3.05, 3.63) is 52.0 Å². The molecule has 0 saturated heterocycles. The SMILES string of the molecule is CCC(NC(C)c1cc(F)ccc1F)c1nccs1. The van der Waals surface area contributed by atoms with Crippen molar-refractivity contribution < 1.29 is 8.78 Å². The van der Waals surface area contributed by atoms with Crippen LogP contribution in [0.1, 0.15) is 42.9 Å². The zero-order valence-corrected chi connectivity index (χ0v) is 11.7. The molecule has 2 nitrogen and oxygen atoms in total. The fourth-order valence-electron chi connectivity index (χ4n) is 2.01. The molecule has 0 spiro atoms. The van der Waals surface area contributed by atoms with Crippen LogP contribution in [-0.4, -0.2) is 4.98 Å². The van der Waals surface area contributed by atoms with Crippen LogP contribution < -0.4 is 5.32 Å². The van der Waals surface area contributed by atoms with Crippen LogP contribution in [0.4, 0.5) is 8.78 Å². The van der Waals surface area contributed by atoms with E-state index in [4.69, 9.17) is 0 Å². The van der Waals surface area contributed by atoms with Gasteiger partial charge in [0.1, 0.15) is 16.6 Å². The average molecular weight is 282 g/mol. The highest BCUT2D eigenvalue weighted by molar-refractivity contribution is 7.09. The highest BCUT2D eigenvalue weighted by atomic mass is 32.1. The molecule has 0 aliphatic heterocycles. The van der Waals surface area contributed by atoms with Gasteiger partial charge in [0.2, 0.25) is 0 Å². The van der Waals surface area contributed by atoms with E-state index in [1.54, 1.807) is 17.5 Å². The van der Waals surface area contributed by atoms with E-state index in [1.807, 2.05) is 19.2 Å². The topological polar surface area (TPSA) is 24.9 Å². The zero-order chi connectivity index (χ0) is 13.8. The van der Waals surface area contributed by atoms with Crippen LogP contribution in [0.5, 0.6) is 0 Å². The fourth-order valence-corrected chi connectivity index (χ4v) is 2.79. The first kappa shape index (κ1) is 14.1. The first-order valence-electron chi connectivity index (χ1n) is 6.22. The van der Waals surface area contributed by atoms with Crippen molar-refractivity contribution in [1.82, 2.24) is 10.3 Å². The third-order valence-electron chi connectivity index (χ3n) is 3.03. The predicted octanol–water partition coefficient (Wildman–Crippen LogP) is 4.22. The summed E-state index contributed by atoms with van der Waals surface area (Å²) in [4.78, 5) is 4.26. The van der Waals surface area contributed by atoms with Crippen molar-refractivity contribution in [2.45, 2.75) is 32.4 Å². The number of aromatic nitrogens is 1. The Morgan fingerprint density at radius 2 is 2.16 bits per heavy atom. The van der Waals surface area contributed by atoms with Crippen LogP contribution in [0.25, 0.3) is 0 Å². The van der Waals surface area contributed by atoms with E-state index >= 15 is 0 Å². The maximum Gasteiger partial charge on any atom is 0.128 e. The summed E-state index contributed by atoms with van der Waals surface area (Å²) in [6, 6.07) is 3.31. The predicted molar refractivity (Wildman–Crippen MR) is 73.1 cm³/mol. The molecule has 0 aliphatic carbocycles. The van der Waals surface area contributed by atoms with Crippen molar-refractivity contribution in [2.24, 2.45) is 0 Å². The van der Waals surface area contributed by atoms with Gasteiger partial charge < -0.3 is 5.32 Å². The Bertz CT molecular complexity index is 528. The monoisotopic (exact) mass is 282 g/mol. The van der Waals surface area contributed by atoms with Crippen LogP contribution in [0.15, 0.2) is 29.8 Å². The van der Waals surface area contributed by atoms with Gasteiger partial charge in [-0.25, -0.2) is 13.8 Å². The van der Waals surface area contributed by atoms with Crippen molar-refractivity contribution in [1.29, 1.82) is 0 Å². The molecule has 2 unspecified atom stereocenters. The Hall–Kier alpha value is -1.33. The van der Waals surface area contributed by atoms with Crippen LogP contribution in [0.3, 0.4) is 0 Å². The van der Waals surface area contributed by atoms with Gasteiger partial charge in [0, 0.05) is 23.2 Å². The molecule has 19 heavy (non-hydrogen) atoms. The molecule has 0 amide bonds. The second-order valence-electron chi connectivity index (χ2n) is 4.39. The fraction of sp³-hybridized carbons (Fsp3) is 0.357. The van der Waals surface area contributed by atoms with Gasteiger partial charge in [-0.3, -0.25) is 0 Å². The lowest BCUT2D eigenvalue weighted by Gasteiger charge is -2.21. The van der Waals surface area contributed by atoms with E-state index in [9.17, 15) is 8.78 Å². The van der Waals surface area contributed by atoms with Crippen molar-refractivity contribution in [3.8, 4) is 0 Å². The summed E-state index contributed by atoms with van der Waals surface area (Å²) in [5.74, 6) is -0.817. The Morgan fingerprint density at radius 3 is 2.79 bits per heavy atom. The molecule has 1 N–H and O–H groups in total. The Kier molecular flexibility index (Phi) is 4.61. The smallest absolute Gasteiger partial charge is 0.128 e. The standard InChI is InChI=1S/C14H16F2N2S/c1-3-13(14-17-6-7-19-14)18-9(2)11-8-10(15)4-5-12(11)16/h4-9,13,18H,3H2,1-2H3. The first-order chi connectivity index (χ1) is 9.11. The lowest BCUT2D eigenvalue weighted by Crippen LogP contribution is -2.25. The number of hydrogen-bond donors (Lipinski definition) is 1. The molecule has 1 aromatic heterocycles. The zero-order valence-electron chi connectivity index (χ0n) is 10.9. The minimum atomic E-state index is -0.424. The van der Waals surface area contributed by atoms with Crippen molar-refractivity contribution in [2.75, 3.05) is 0 Å². The van der Waals surface area contributed by atoms with E-state index in [0.717, 1.165) is 23.6 Å². The first-order valence-corrected chi connectivity index (χ1v) is 7.10. The van der Waals surface area contributed by atoms with Crippen LogP contribution in [-0.2, 0) is 0 Å². The third-order valence-corrected chi connectivity index (χ3v) is 3.92. The van der Waals surface area contributed by atoms with Gasteiger partial charge in [-0.05, 0) is 31.5 Å². The second kappa shape index (κ2) is 6.21. The summed E-state index contributed by atoms with van der Waals surface area (Å²) >= 11 is 1.56. The minimum Gasteiger partial charge on any atom is -0.301 e. The van der Waals surface area contributed by atoms with Crippen LogP contribution in [0.2, 0.25) is 0 Å². The largest absolute Gasteiger partial charge is 0.301 e. The Labute approximate surface area is 115 Å². The van der Waals surface area contributed by atoms with Gasteiger partial charge in [0.05, 0.1) is 6.04 Å². The van der Waals surface area contributed by atoms with Crippen LogP contribution >= 0.6 is 11.3 Å². The average Bonchev–Trinajstić information content (AvgIpc) is 2.92. The molecule has 2 atom stereocenters. The number of thiazole rings is 1. The summed E-state index contributed by atoms with van der Waals surface area (Å²) in [5, 5.41) is 6.17. The van der Waals surface area contributed by atoms with E-state index in [0.29, 0.717) is 5.56 Å². The molecule has 2 rings (SSSR count). The normalized spacial score (nSPS) is 14.3. The molecular formula is C14H16F2N2S. The van der Waals surface area contributed by atoms with Gasteiger partial charge in [-0.15, -0.1) is 11.3 Å². The highest BCUT2D eigenvalue weighted by Crippen LogP contribution is 2.25. The summed E-state index contributed by atoms with van der Waals surface area (Å²) in [5.41, 5.74) is 0.343. The van der Waals surface area contributed by atoms with Crippen molar-refractivity contribution in [3.63, 3.8) is 0 Å². The third kappa shape index (κ3) is 3.36. The molecule has 1 aromatic carbocycles. The number of nitrogens with one attached hydrogen (secondary N) is 1. The van der Waals surface area contributed by atoms with Gasteiger partial charge in [0.25, 0.3) is 0 Å². The molecule has 0 aliphatic rings. The molecule has 1 heterocycles. The molecule has 2 aromatic rings. The molecule has 0 radical (unpaired) electrons. The van der Waals surface area contributed by atoms with E-state index in [-0.39, 0.29) is 12.1 Å². The maximum atomic E-state index is 13.7. The second-order valence-corrected chi connectivity index (χ2v) is 5.31. The summed E-state index contributed by atoms with van der Waals surface area (Å²) in [6.07, 6.45) is 2.59. The number of nitrogens with zero attached hydrogens (tertiary/aromatic N) is 1. The van der Waals surface area contributed by atoms with Crippen molar-refractivity contribution >= 4 is 11.3 Å². The van der Waals surface area contributed by atoms with Gasteiger partial charge in [-0.2, -0.15) is 0 Å². The molecule has 0 saturated carbocycles. The van der Waals surface area contributed by atoms with E-state index in [2.05, 4.69) is 10.3 Å². The van der Waals surface area contributed by atoms with Gasteiger partial charge in [-0.1, -0.05) is 6.92 Å². The van der Waals surface area contributed by atoms with E-state index in [1.165, 1.54) is 6.07 Å². The maximum absolute atomic E-state index is 13.7. The Balaban J connectivity index is 2.15. The lowest BCUT2D eigenvalue weighted by molar-refractivity contribution is 0.439. The number of rotatable bonds is 5. The Morgan fingerprint density at radius 1 is 1.37 bits per heavy atom.